The lowest BCUT2D eigenvalue weighted by molar-refractivity contribution is -0.118. The van der Waals surface area contributed by atoms with Gasteiger partial charge < -0.3 is 10.6 Å². The first kappa shape index (κ1) is 18.0. The third-order valence-electron chi connectivity index (χ3n) is 4.54. The Kier molecular flexibility index (Phi) is 7.06. The Morgan fingerprint density at radius 3 is 2.48 bits per heavy atom. The lowest BCUT2D eigenvalue weighted by Gasteiger charge is -2.34. The molecule has 0 bridgehead atoms. The van der Waals surface area contributed by atoms with E-state index in [4.69, 9.17) is 0 Å². The molecule has 1 saturated heterocycles. The molecule has 1 aliphatic heterocycles. The third kappa shape index (κ3) is 5.63. The van der Waals surface area contributed by atoms with E-state index in [9.17, 15) is 4.79 Å². The first-order chi connectivity index (χ1) is 11.1. The maximum absolute atomic E-state index is 12.4. The van der Waals surface area contributed by atoms with Crippen molar-refractivity contribution in [2.75, 3.05) is 31.5 Å². The molecule has 0 saturated carbocycles. The highest BCUT2D eigenvalue weighted by Crippen LogP contribution is 2.17. The van der Waals surface area contributed by atoms with E-state index in [0.29, 0.717) is 18.5 Å². The van der Waals surface area contributed by atoms with Crippen LogP contribution in [0.2, 0.25) is 0 Å². The summed E-state index contributed by atoms with van der Waals surface area (Å²) in [6.45, 7) is 10.1. The molecule has 4 nitrogen and oxygen atoms in total. The van der Waals surface area contributed by atoms with Gasteiger partial charge in [0.25, 0.3) is 0 Å². The number of nitrogens with zero attached hydrogens (tertiary/aromatic N) is 1. The summed E-state index contributed by atoms with van der Waals surface area (Å²) < 4.78 is 0. The first-order valence-electron chi connectivity index (χ1n) is 8.94. The number of rotatable bonds is 7. The van der Waals surface area contributed by atoms with Crippen LogP contribution in [0.5, 0.6) is 0 Å². The van der Waals surface area contributed by atoms with Gasteiger partial charge in [0.05, 0.1) is 6.54 Å². The normalized spacial score (nSPS) is 16.0. The average Bonchev–Trinajstić information content (AvgIpc) is 2.55. The zero-order chi connectivity index (χ0) is 16.7. The molecule has 1 aromatic rings. The molecule has 1 aliphatic rings. The monoisotopic (exact) mass is 317 g/mol. The number of nitrogens with one attached hydrogen (secondary N) is 2. The summed E-state index contributed by atoms with van der Waals surface area (Å²) in [5.74, 6) is 0.606. The van der Waals surface area contributed by atoms with E-state index in [1.165, 1.54) is 5.56 Å². The predicted octanol–water partition coefficient (Wildman–Crippen LogP) is 3.21. The van der Waals surface area contributed by atoms with Crippen molar-refractivity contribution < 1.29 is 4.79 Å². The zero-order valence-electron chi connectivity index (χ0n) is 14.8. The third-order valence-corrected chi connectivity index (χ3v) is 4.54. The molecule has 4 heteroatoms. The standard InChI is InChI=1S/C19H31N3O/c1-4-13-22(18-9-11-20-12-10-18)14-19(23)21-17-7-5-16(6-8-17)15(2)3/h5-8,15,18,20H,4,9-14H2,1-3H3,(H,21,23). The second kappa shape index (κ2) is 9.04. The van der Waals surface area contributed by atoms with Gasteiger partial charge >= 0.3 is 0 Å². The Hall–Kier alpha value is -1.39. The molecule has 0 aromatic heterocycles. The molecule has 0 aliphatic carbocycles. The zero-order valence-corrected chi connectivity index (χ0v) is 14.8. The summed E-state index contributed by atoms with van der Waals surface area (Å²) in [7, 11) is 0. The molecule has 1 aromatic carbocycles. The molecule has 0 spiro atoms. The van der Waals surface area contributed by atoms with Crippen molar-refractivity contribution in [3.05, 3.63) is 29.8 Å². The number of carbonyl (C=O) groups excluding carboxylic acids is 1. The second-order valence-corrected chi connectivity index (χ2v) is 6.78. The van der Waals surface area contributed by atoms with E-state index in [0.717, 1.165) is 44.6 Å². The Labute approximate surface area is 140 Å². The van der Waals surface area contributed by atoms with Crippen LogP contribution in [-0.4, -0.2) is 43.0 Å². The molecule has 23 heavy (non-hydrogen) atoms. The van der Waals surface area contributed by atoms with E-state index in [1.54, 1.807) is 0 Å². The Morgan fingerprint density at radius 2 is 1.91 bits per heavy atom. The number of anilines is 1. The van der Waals surface area contributed by atoms with Crippen LogP contribution in [0.15, 0.2) is 24.3 Å². The van der Waals surface area contributed by atoms with Crippen LogP contribution >= 0.6 is 0 Å². The van der Waals surface area contributed by atoms with Gasteiger partial charge in [0.1, 0.15) is 0 Å². The Balaban J connectivity index is 1.90. The highest BCUT2D eigenvalue weighted by Gasteiger charge is 2.22. The fourth-order valence-corrected chi connectivity index (χ4v) is 3.19. The van der Waals surface area contributed by atoms with Crippen LogP contribution < -0.4 is 10.6 Å². The predicted molar refractivity (Wildman–Crippen MR) is 96.9 cm³/mol. The van der Waals surface area contributed by atoms with Gasteiger partial charge in [-0.2, -0.15) is 0 Å². The van der Waals surface area contributed by atoms with Gasteiger partial charge in [0.2, 0.25) is 5.91 Å². The maximum Gasteiger partial charge on any atom is 0.238 e. The van der Waals surface area contributed by atoms with Crippen molar-refractivity contribution in [3.63, 3.8) is 0 Å². The number of amides is 1. The molecular formula is C19H31N3O. The summed E-state index contributed by atoms with van der Waals surface area (Å²) in [6, 6.07) is 8.72. The van der Waals surface area contributed by atoms with Gasteiger partial charge in [-0.05, 0) is 62.5 Å². The molecule has 0 atom stereocenters. The van der Waals surface area contributed by atoms with E-state index in [2.05, 4.69) is 48.4 Å². The minimum absolute atomic E-state index is 0.0919. The molecule has 0 unspecified atom stereocenters. The van der Waals surface area contributed by atoms with Crippen molar-refractivity contribution in [1.29, 1.82) is 0 Å². The minimum Gasteiger partial charge on any atom is -0.325 e. The van der Waals surface area contributed by atoms with Crippen molar-refractivity contribution in [2.45, 2.75) is 52.0 Å². The van der Waals surface area contributed by atoms with Crippen molar-refractivity contribution >= 4 is 11.6 Å². The largest absolute Gasteiger partial charge is 0.325 e. The Morgan fingerprint density at radius 1 is 1.26 bits per heavy atom. The van der Waals surface area contributed by atoms with Gasteiger partial charge in [-0.25, -0.2) is 0 Å². The second-order valence-electron chi connectivity index (χ2n) is 6.78. The molecule has 2 rings (SSSR count). The number of hydrogen-bond acceptors (Lipinski definition) is 3. The van der Waals surface area contributed by atoms with Crippen molar-refractivity contribution in [2.24, 2.45) is 0 Å². The number of benzene rings is 1. The molecule has 0 radical (unpaired) electrons. The lowest BCUT2D eigenvalue weighted by atomic mass is 10.0. The average molecular weight is 317 g/mol. The number of hydrogen-bond donors (Lipinski definition) is 2. The van der Waals surface area contributed by atoms with Crippen molar-refractivity contribution in [1.82, 2.24) is 10.2 Å². The van der Waals surface area contributed by atoms with Crippen LogP contribution in [0, 0.1) is 0 Å². The van der Waals surface area contributed by atoms with Crippen LogP contribution in [0.1, 0.15) is 51.5 Å². The van der Waals surface area contributed by atoms with Crippen LogP contribution in [0.3, 0.4) is 0 Å². The van der Waals surface area contributed by atoms with E-state index in [1.807, 2.05) is 12.1 Å². The fraction of sp³-hybridized carbons (Fsp3) is 0.632. The SMILES string of the molecule is CCCN(CC(=O)Nc1ccc(C(C)C)cc1)C1CCNCC1. The molecule has 2 N–H and O–H groups in total. The number of piperidine rings is 1. The summed E-state index contributed by atoms with van der Waals surface area (Å²) in [5.41, 5.74) is 2.19. The van der Waals surface area contributed by atoms with E-state index >= 15 is 0 Å². The van der Waals surface area contributed by atoms with Gasteiger partial charge in [-0.1, -0.05) is 32.9 Å². The molecule has 128 valence electrons. The summed E-state index contributed by atoms with van der Waals surface area (Å²) in [6.07, 6.45) is 3.35. The highest BCUT2D eigenvalue weighted by molar-refractivity contribution is 5.92. The van der Waals surface area contributed by atoms with Gasteiger partial charge in [-0.3, -0.25) is 9.69 Å². The topological polar surface area (TPSA) is 44.4 Å². The lowest BCUT2D eigenvalue weighted by Crippen LogP contribution is -2.46. The summed E-state index contributed by atoms with van der Waals surface area (Å²) >= 11 is 0. The van der Waals surface area contributed by atoms with Crippen LogP contribution in [0.25, 0.3) is 0 Å². The summed E-state index contributed by atoms with van der Waals surface area (Å²) in [5, 5.41) is 6.43. The molecule has 1 amide bonds. The fourth-order valence-electron chi connectivity index (χ4n) is 3.19. The van der Waals surface area contributed by atoms with Gasteiger partial charge in [0, 0.05) is 11.7 Å². The summed E-state index contributed by atoms with van der Waals surface area (Å²) in [4.78, 5) is 14.7. The minimum atomic E-state index is 0.0919. The molecule has 1 heterocycles. The molecular weight excluding hydrogens is 286 g/mol. The van der Waals surface area contributed by atoms with E-state index in [-0.39, 0.29) is 5.91 Å². The molecule has 1 fully saturated rings. The smallest absolute Gasteiger partial charge is 0.238 e. The first-order valence-corrected chi connectivity index (χ1v) is 8.94. The van der Waals surface area contributed by atoms with Crippen LogP contribution in [-0.2, 0) is 4.79 Å². The van der Waals surface area contributed by atoms with Gasteiger partial charge in [0.15, 0.2) is 0 Å². The Bertz CT molecular complexity index is 478. The quantitative estimate of drug-likeness (QED) is 0.811. The number of carbonyl (C=O) groups is 1. The van der Waals surface area contributed by atoms with Gasteiger partial charge in [-0.15, -0.1) is 0 Å². The van der Waals surface area contributed by atoms with E-state index < -0.39 is 0 Å². The highest BCUT2D eigenvalue weighted by atomic mass is 16.2. The van der Waals surface area contributed by atoms with Crippen molar-refractivity contribution in [3.8, 4) is 0 Å². The van der Waals surface area contributed by atoms with Crippen LogP contribution in [0.4, 0.5) is 5.69 Å². The maximum atomic E-state index is 12.4.